The molecule has 0 aliphatic rings. The van der Waals surface area contributed by atoms with Crippen LogP contribution in [0, 0.1) is 0 Å². The van der Waals surface area contributed by atoms with E-state index in [2.05, 4.69) is 30.4 Å². The van der Waals surface area contributed by atoms with Gasteiger partial charge < -0.3 is 9.55 Å². The van der Waals surface area contributed by atoms with Gasteiger partial charge in [-0.05, 0) is 20.1 Å². The van der Waals surface area contributed by atoms with Crippen LogP contribution in [0.2, 0.25) is 0 Å². The standard InChI is InChI=1S/C5H16N2Si/c1-4-6-8-7(3)5-2/h6H,4-5,8H2,1-3H3. The van der Waals surface area contributed by atoms with Gasteiger partial charge in [0.15, 0.2) is 9.84 Å². The van der Waals surface area contributed by atoms with Crippen molar-refractivity contribution in [1.29, 1.82) is 0 Å². The molecule has 1 N–H and O–H groups in total. The molecule has 0 rings (SSSR count). The molecule has 0 atom stereocenters. The molecule has 0 aromatic carbocycles. The number of nitrogens with one attached hydrogen (secondary N) is 1. The summed E-state index contributed by atoms with van der Waals surface area (Å²) in [6, 6.07) is 0. The monoisotopic (exact) mass is 132 g/mol. The summed E-state index contributed by atoms with van der Waals surface area (Å²) in [5.74, 6) is 0. The largest absolute Gasteiger partial charge is 0.331 e. The van der Waals surface area contributed by atoms with Crippen molar-refractivity contribution < 1.29 is 0 Å². The van der Waals surface area contributed by atoms with Gasteiger partial charge in [-0.15, -0.1) is 0 Å². The van der Waals surface area contributed by atoms with Gasteiger partial charge in [0, 0.05) is 0 Å². The zero-order valence-corrected chi connectivity index (χ0v) is 7.48. The van der Waals surface area contributed by atoms with Gasteiger partial charge in [0.2, 0.25) is 0 Å². The third-order valence-corrected chi connectivity index (χ3v) is 2.88. The van der Waals surface area contributed by atoms with Gasteiger partial charge >= 0.3 is 0 Å². The molecular formula is C5H16N2Si. The molecule has 0 amide bonds. The molecule has 0 aromatic heterocycles. The maximum absolute atomic E-state index is 3.36. The molecule has 0 saturated heterocycles. The van der Waals surface area contributed by atoms with Crippen molar-refractivity contribution in [2.45, 2.75) is 13.8 Å². The SMILES string of the molecule is CCN[SiH2]N(C)CC. The molecule has 2 nitrogen and oxygen atoms in total. The van der Waals surface area contributed by atoms with Crippen molar-refractivity contribution in [3.8, 4) is 0 Å². The molecule has 0 aromatic rings. The van der Waals surface area contributed by atoms with E-state index in [9.17, 15) is 0 Å². The van der Waals surface area contributed by atoms with E-state index in [0.29, 0.717) is 0 Å². The molecule has 0 spiro atoms. The lowest BCUT2D eigenvalue weighted by molar-refractivity contribution is 0.555. The van der Waals surface area contributed by atoms with Crippen LogP contribution >= 0.6 is 0 Å². The number of nitrogens with zero attached hydrogens (tertiary/aromatic N) is 1. The lowest BCUT2D eigenvalue weighted by Crippen LogP contribution is -2.34. The first-order chi connectivity index (χ1) is 3.81. The minimum Gasteiger partial charge on any atom is -0.331 e. The molecule has 0 bridgehead atoms. The Labute approximate surface area is 54.2 Å². The average Bonchev–Trinajstić information content (AvgIpc) is 1.83. The predicted octanol–water partition coefficient (Wildman–Crippen LogP) is -0.454. The Morgan fingerprint density at radius 2 is 2.12 bits per heavy atom. The van der Waals surface area contributed by atoms with E-state index in [1.807, 2.05) is 0 Å². The number of rotatable bonds is 4. The summed E-state index contributed by atoms with van der Waals surface area (Å²) in [6.45, 7) is 6.64. The van der Waals surface area contributed by atoms with Crippen LogP contribution in [0.5, 0.6) is 0 Å². The first kappa shape index (κ1) is 8.14. The Morgan fingerprint density at radius 3 is 2.50 bits per heavy atom. The Balaban J connectivity index is 2.86. The van der Waals surface area contributed by atoms with E-state index in [1.165, 1.54) is 6.54 Å². The van der Waals surface area contributed by atoms with Crippen LogP contribution in [-0.4, -0.2) is 34.5 Å². The highest BCUT2D eigenvalue weighted by Gasteiger charge is 1.89. The lowest BCUT2D eigenvalue weighted by Gasteiger charge is -2.11. The van der Waals surface area contributed by atoms with E-state index in [4.69, 9.17) is 0 Å². The highest BCUT2D eigenvalue weighted by atomic mass is 28.2. The summed E-state index contributed by atoms with van der Waals surface area (Å²) >= 11 is 0. The molecule has 50 valence electrons. The van der Waals surface area contributed by atoms with Crippen molar-refractivity contribution in [2.24, 2.45) is 0 Å². The fourth-order valence-corrected chi connectivity index (χ4v) is 1.24. The van der Waals surface area contributed by atoms with Gasteiger partial charge in [0.25, 0.3) is 0 Å². The minimum atomic E-state index is -0.0810. The van der Waals surface area contributed by atoms with Crippen LogP contribution in [0.15, 0.2) is 0 Å². The summed E-state index contributed by atoms with van der Waals surface area (Å²) in [5, 5.41) is 0. The fourth-order valence-electron chi connectivity index (χ4n) is 0.414. The summed E-state index contributed by atoms with van der Waals surface area (Å²) < 4.78 is 2.36. The first-order valence-electron chi connectivity index (χ1n) is 3.20. The minimum absolute atomic E-state index is 0.0810. The third-order valence-electron chi connectivity index (χ3n) is 1.17. The summed E-state index contributed by atoms with van der Waals surface area (Å²) in [7, 11) is 2.08. The van der Waals surface area contributed by atoms with Gasteiger partial charge in [-0.2, -0.15) is 0 Å². The zero-order chi connectivity index (χ0) is 6.41. The molecule has 0 radical (unpaired) electrons. The molecule has 8 heavy (non-hydrogen) atoms. The van der Waals surface area contributed by atoms with Crippen LogP contribution in [0.4, 0.5) is 0 Å². The highest BCUT2D eigenvalue weighted by Crippen LogP contribution is 1.70. The predicted molar refractivity (Wildman–Crippen MR) is 40.5 cm³/mol. The quantitative estimate of drug-likeness (QED) is 0.521. The molecule has 0 unspecified atom stereocenters. The van der Waals surface area contributed by atoms with Crippen LogP contribution in [0.25, 0.3) is 0 Å². The maximum atomic E-state index is 3.36. The zero-order valence-electron chi connectivity index (χ0n) is 6.07. The van der Waals surface area contributed by atoms with Gasteiger partial charge in [0.1, 0.15) is 0 Å². The summed E-state index contributed by atoms with van der Waals surface area (Å²) in [6.07, 6.45) is 0. The molecule has 0 fully saturated rings. The van der Waals surface area contributed by atoms with Crippen molar-refractivity contribution >= 4 is 9.84 Å². The van der Waals surface area contributed by atoms with Crippen LogP contribution < -0.4 is 4.98 Å². The van der Waals surface area contributed by atoms with Crippen LogP contribution in [0.3, 0.4) is 0 Å². The Hall–Kier alpha value is 0.137. The summed E-state index contributed by atoms with van der Waals surface area (Å²) in [4.78, 5) is 3.36. The fraction of sp³-hybridized carbons (Fsp3) is 1.00. The smallest absolute Gasteiger partial charge is 0.170 e. The molecule has 0 saturated carbocycles. The van der Waals surface area contributed by atoms with E-state index in [0.717, 1.165) is 6.54 Å². The lowest BCUT2D eigenvalue weighted by atomic mass is 10.8. The second-order valence-corrected chi connectivity index (χ2v) is 3.83. The topological polar surface area (TPSA) is 15.3 Å². The number of hydrogen-bond donors (Lipinski definition) is 1. The van der Waals surface area contributed by atoms with Crippen LogP contribution in [0.1, 0.15) is 13.8 Å². The van der Waals surface area contributed by atoms with E-state index in [-0.39, 0.29) is 9.84 Å². The van der Waals surface area contributed by atoms with Crippen molar-refractivity contribution in [1.82, 2.24) is 9.55 Å². The molecule has 0 aliphatic carbocycles. The molecular weight excluding hydrogens is 116 g/mol. The first-order valence-corrected chi connectivity index (χ1v) is 4.54. The van der Waals surface area contributed by atoms with Gasteiger partial charge in [-0.25, -0.2) is 0 Å². The van der Waals surface area contributed by atoms with Gasteiger partial charge in [0.05, 0.1) is 0 Å². The van der Waals surface area contributed by atoms with Crippen molar-refractivity contribution in [2.75, 3.05) is 20.1 Å². The summed E-state index contributed by atoms with van der Waals surface area (Å²) in [5.41, 5.74) is 0. The van der Waals surface area contributed by atoms with E-state index >= 15 is 0 Å². The van der Waals surface area contributed by atoms with Gasteiger partial charge in [-0.3, -0.25) is 0 Å². The van der Waals surface area contributed by atoms with E-state index < -0.39 is 0 Å². The Bertz CT molecular complexity index is 49.7. The molecule has 0 heterocycles. The second-order valence-electron chi connectivity index (χ2n) is 1.93. The normalized spacial score (nSPS) is 12.0. The molecule has 3 heteroatoms. The third kappa shape index (κ3) is 4.30. The average molecular weight is 132 g/mol. The van der Waals surface area contributed by atoms with Crippen molar-refractivity contribution in [3.05, 3.63) is 0 Å². The highest BCUT2D eigenvalue weighted by molar-refractivity contribution is 6.28. The Morgan fingerprint density at radius 1 is 1.50 bits per heavy atom. The van der Waals surface area contributed by atoms with Crippen LogP contribution in [-0.2, 0) is 0 Å². The van der Waals surface area contributed by atoms with Crippen molar-refractivity contribution in [3.63, 3.8) is 0 Å². The molecule has 0 aliphatic heterocycles. The second kappa shape index (κ2) is 5.28. The van der Waals surface area contributed by atoms with Gasteiger partial charge in [-0.1, -0.05) is 13.8 Å². The number of hydrogen-bond acceptors (Lipinski definition) is 2. The Kier molecular flexibility index (Phi) is 5.37. The van der Waals surface area contributed by atoms with E-state index in [1.54, 1.807) is 0 Å². The maximum Gasteiger partial charge on any atom is 0.170 e.